The van der Waals surface area contributed by atoms with Crippen LogP contribution >= 0.6 is 0 Å². The Morgan fingerprint density at radius 2 is 0.757 bits per heavy atom. The first-order chi connectivity index (χ1) is 18.2. The monoisotopic (exact) mass is 523 g/mol. The maximum absolute atomic E-state index is 12.2. The lowest BCUT2D eigenvalue weighted by Crippen LogP contribution is -2.10. The van der Waals surface area contributed by atoms with E-state index in [0.29, 0.717) is 13.0 Å². The van der Waals surface area contributed by atoms with Crippen molar-refractivity contribution in [2.75, 3.05) is 6.61 Å². The Morgan fingerprint density at radius 3 is 1.14 bits per heavy atom. The first-order valence-electron chi connectivity index (χ1n) is 17.4. The molecule has 0 radical (unpaired) electrons. The summed E-state index contributed by atoms with van der Waals surface area (Å²) in [6.07, 6.45) is 38.3. The van der Waals surface area contributed by atoms with Crippen molar-refractivity contribution < 1.29 is 9.53 Å². The van der Waals surface area contributed by atoms with E-state index < -0.39 is 0 Å². The van der Waals surface area contributed by atoms with Crippen molar-refractivity contribution in [2.24, 2.45) is 5.92 Å². The van der Waals surface area contributed by atoms with E-state index in [-0.39, 0.29) is 5.97 Å². The summed E-state index contributed by atoms with van der Waals surface area (Å²) in [5.74, 6) is 0.794. The number of esters is 1. The van der Waals surface area contributed by atoms with Crippen molar-refractivity contribution >= 4 is 5.97 Å². The fourth-order valence-electron chi connectivity index (χ4n) is 5.56. The van der Waals surface area contributed by atoms with E-state index in [1.54, 1.807) is 0 Å². The second kappa shape index (κ2) is 31.7. The summed E-state index contributed by atoms with van der Waals surface area (Å²) < 4.78 is 5.66. The van der Waals surface area contributed by atoms with Gasteiger partial charge in [0.1, 0.15) is 0 Å². The van der Waals surface area contributed by atoms with E-state index in [4.69, 9.17) is 4.74 Å². The molecule has 0 saturated carbocycles. The second-order valence-electron chi connectivity index (χ2n) is 12.0. The van der Waals surface area contributed by atoms with Crippen LogP contribution in [0, 0.1) is 5.92 Å². The van der Waals surface area contributed by atoms with Crippen molar-refractivity contribution in [1.82, 2.24) is 0 Å². The second-order valence-corrected chi connectivity index (χ2v) is 12.0. The molecule has 0 aliphatic carbocycles. The molecule has 0 heterocycles. The first kappa shape index (κ1) is 36.5. The van der Waals surface area contributed by atoms with E-state index in [2.05, 4.69) is 20.8 Å². The zero-order valence-electron chi connectivity index (χ0n) is 26.1. The van der Waals surface area contributed by atoms with Crippen LogP contribution in [0.2, 0.25) is 0 Å². The molecular formula is C35H70O2. The zero-order chi connectivity index (χ0) is 27.1. The van der Waals surface area contributed by atoms with E-state index >= 15 is 0 Å². The molecule has 0 N–H and O–H groups in total. The summed E-state index contributed by atoms with van der Waals surface area (Å²) in [5, 5.41) is 0. The highest BCUT2D eigenvalue weighted by atomic mass is 16.5. The average Bonchev–Trinajstić information content (AvgIpc) is 2.90. The lowest BCUT2D eigenvalue weighted by Gasteiger charge is -2.17. The molecule has 0 bridgehead atoms. The number of hydrogen-bond donors (Lipinski definition) is 0. The molecule has 2 nitrogen and oxygen atoms in total. The van der Waals surface area contributed by atoms with Gasteiger partial charge in [-0.15, -0.1) is 0 Å². The molecule has 0 fully saturated rings. The minimum Gasteiger partial charge on any atom is -0.466 e. The molecule has 0 aliphatic rings. The molecule has 0 aromatic heterocycles. The van der Waals surface area contributed by atoms with Crippen LogP contribution in [0.4, 0.5) is 0 Å². The van der Waals surface area contributed by atoms with Crippen LogP contribution < -0.4 is 0 Å². The number of unbranched alkanes of at least 4 members (excludes halogenated alkanes) is 22. The molecule has 2 heteroatoms. The summed E-state index contributed by atoms with van der Waals surface area (Å²) in [4.78, 5) is 12.2. The Bertz CT molecular complexity index is 417. The average molecular weight is 523 g/mol. The summed E-state index contributed by atoms with van der Waals surface area (Å²) >= 11 is 0. The highest BCUT2D eigenvalue weighted by molar-refractivity contribution is 5.69. The quantitative estimate of drug-likeness (QED) is 0.0668. The largest absolute Gasteiger partial charge is 0.466 e. The van der Waals surface area contributed by atoms with Crippen LogP contribution in [0.15, 0.2) is 0 Å². The van der Waals surface area contributed by atoms with Gasteiger partial charge in [-0.2, -0.15) is 0 Å². The molecule has 0 atom stereocenters. The van der Waals surface area contributed by atoms with Crippen LogP contribution in [0.5, 0.6) is 0 Å². The number of rotatable bonds is 31. The smallest absolute Gasteiger partial charge is 0.305 e. The van der Waals surface area contributed by atoms with Gasteiger partial charge in [0.25, 0.3) is 0 Å². The normalized spacial score (nSPS) is 11.5. The molecule has 37 heavy (non-hydrogen) atoms. The van der Waals surface area contributed by atoms with E-state index in [9.17, 15) is 4.79 Å². The molecule has 0 spiro atoms. The zero-order valence-corrected chi connectivity index (χ0v) is 26.1. The van der Waals surface area contributed by atoms with Gasteiger partial charge in [-0.1, -0.05) is 188 Å². The standard InChI is InChI=1S/C35H70O2/c1-4-7-10-13-16-17-18-19-20-21-22-25-28-31-35(36)37-33-32-34(29-26-23-14-11-8-5-2)30-27-24-15-12-9-6-3/h34H,4-33H2,1-3H3. The third-order valence-corrected chi connectivity index (χ3v) is 8.21. The first-order valence-corrected chi connectivity index (χ1v) is 17.4. The van der Waals surface area contributed by atoms with Crippen LogP contribution in [-0.4, -0.2) is 12.6 Å². The van der Waals surface area contributed by atoms with Crippen LogP contribution in [-0.2, 0) is 9.53 Å². The molecule has 0 aliphatic heterocycles. The Morgan fingerprint density at radius 1 is 0.432 bits per heavy atom. The van der Waals surface area contributed by atoms with Crippen molar-refractivity contribution in [3.8, 4) is 0 Å². The van der Waals surface area contributed by atoms with Crippen LogP contribution in [0.3, 0.4) is 0 Å². The van der Waals surface area contributed by atoms with Gasteiger partial charge in [0.05, 0.1) is 6.61 Å². The summed E-state index contributed by atoms with van der Waals surface area (Å²) in [7, 11) is 0. The Labute approximate surface area is 234 Å². The summed E-state index contributed by atoms with van der Waals surface area (Å²) in [6, 6.07) is 0. The highest BCUT2D eigenvalue weighted by Crippen LogP contribution is 2.22. The topological polar surface area (TPSA) is 26.3 Å². The Kier molecular flexibility index (Phi) is 31.2. The lowest BCUT2D eigenvalue weighted by molar-refractivity contribution is -0.144. The predicted octanol–water partition coefficient (Wildman–Crippen LogP) is 12.5. The molecule has 0 saturated heterocycles. The fraction of sp³-hybridized carbons (Fsp3) is 0.971. The Balaban J connectivity index is 3.77. The maximum Gasteiger partial charge on any atom is 0.305 e. The molecule has 0 amide bonds. The number of ether oxygens (including phenoxy) is 1. The predicted molar refractivity (Wildman–Crippen MR) is 165 cm³/mol. The van der Waals surface area contributed by atoms with Gasteiger partial charge in [-0.3, -0.25) is 4.79 Å². The van der Waals surface area contributed by atoms with Gasteiger partial charge in [-0.25, -0.2) is 0 Å². The maximum atomic E-state index is 12.2. The van der Waals surface area contributed by atoms with Crippen molar-refractivity contribution in [1.29, 1.82) is 0 Å². The third kappa shape index (κ3) is 29.9. The highest BCUT2D eigenvalue weighted by Gasteiger charge is 2.11. The summed E-state index contributed by atoms with van der Waals surface area (Å²) in [5.41, 5.74) is 0. The van der Waals surface area contributed by atoms with Gasteiger partial charge < -0.3 is 4.74 Å². The van der Waals surface area contributed by atoms with Crippen molar-refractivity contribution in [3.63, 3.8) is 0 Å². The molecule has 0 unspecified atom stereocenters. The number of carbonyl (C=O) groups is 1. The van der Waals surface area contributed by atoms with Gasteiger partial charge in [-0.05, 0) is 18.8 Å². The Hall–Kier alpha value is -0.530. The van der Waals surface area contributed by atoms with Crippen molar-refractivity contribution in [2.45, 2.75) is 207 Å². The SMILES string of the molecule is CCCCCCCCCCCCCCCC(=O)OCCC(CCCCCCCC)CCCCCCCC. The van der Waals surface area contributed by atoms with Gasteiger partial charge >= 0.3 is 5.97 Å². The van der Waals surface area contributed by atoms with E-state index in [1.165, 1.54) is 167 Å². The molecule has 0 rings (SSSR count). The lowest BCUT2D eigenvalue weighted by atomic mass is 9.91. The minimum absolute atomic E-state index is 0.0426. The van der Waals surface area contributed by atoms with Gasteiger partial charge in [0.2, 0.25) is 0 Å². The summed E-state index contributed by atoms with van der Waals surface area (Å²) in [6.45, 7) is 7.51. The minimum atomic E-state index is 0.0426. The number of carbonyl (C=O) groups excluding carboxylic acids is 1. The molecular weight excluding hydrogens is 452 g/mol. The fourth-order valence-corrected chi connectivity index (χ4v) is 5.56. The number of hydrogen-bond acceptors (Lipinski definition) is 2. The van der Waals surface area contributed by atoms with Crippen LogP contribution in [0.25, 0.3) is 0 Å². The van der Waals surface area contributed by atoms with E-state index in [1.807, 2.05) is 0 Å². The van der Waals surface area contributed by atoms with Crippen LogP contribution in [0.1, 0.15) is 207 Å². The van der Waals surface area contributed by atoms with E-state index in [0.717, 1.165) is 18.8 Å². The molecule has 0 aromatic carbocycles. The third-order valence-electron chi connectivity index (χ3n) is 8.21. The van der Waals surface area contributed by atoms with Gasteiger partial charge in [0.15, 0.2) is 0 Å². The molecule has 0 aromatic rings. The van der Waals surface area contributed by atoms with Crippen molar-refractivity contribution in [3.05, 3.63) is 0 Å². The van der Waals surface area contributed by atoms with Gasteiger partial charge in [0, 0.05) is 6.42 Å². The molecule has 222 valence electrons.